The Balaban J connectivity index is 2.53. The molecule has 17 heavy (non-hydrogen) atoms. The average Bonchev–Trinajstić information content (AvgIpc) is 2.75. The normalized spacial score (nSPS) is 9.88. The fourth-order valence-corrected chi connectivity index (χ4v) is 1.49. The van der Waals surface area contributed by atoms with Crippen LogP contribution in [-0.4, -0.2) is 14.7 Å². The summed E-state index contributed by atoms with van der Waals surface area (Å²) < 4.78 is 1.44. The summed E-state index contributed by atoms with van der Waals surface area (Å²) in [7, 11) is 0. The molecule has 7 heteroatoms. The number of nitrogens with zero attached hydrogens (tertiary/aromatic N) is 4. The van der Waals surface area contributed by atoms with E-state index < -0.39 is 4.92 Å². The van der Waals surface area contributed by atoms with Crippen LogP contribution >= 0.6 is 11.6 Å². The van der Waals surface area contributed by atoms with Crippen molar-refractivity contribution in [1.82, 2.24) is 9.78 Å². The van der Waals surface area contributed by atoms with Gasteiger partial charge in [-0.1, -0.05) is 11.6 Å². The van der Waals surface area contributed by atoms with Crippen LogP contribution in [0.4, 0.5) is 5.69 Å². The van der Waals surface area contributed by atoms with Gasteiger partial charge in [0.05, 0.1) is 21.8 Å². The largest absolute Gasteiger partial charge is 0.287 e. The minimum absolute atomic E-state index is 0.0147. The Morgan fingerprint density at radius 1 is 1.53 bits per heavy atom. The minimum Gasteiger partial charge on any atom is -0.258 e. The lowest BCUT2D eigenvalue weighted by Gasteiger charge is -2.01. The molecule has 1 aromatic carbocycles. The predicted octanol–water partition coefficient (Wildman–Crippen LogP) is 2.31. The summed E-state index contributed by atoms with van der Waals surface area (Å²) in [5.41, 5.74) is 0.299. The van der Waals surface area contributed by atoms with E-state index in [-0.39, 0.29) is 11.3 Å². The molecule has 2 aromatic rings. The minimum atomic E-state index is -0.599. The number of aromatic nitrogens is 2. The molecular weight excluding hydrogens is 244 g/mol. The monoisotopic (exact) mass is 248 g/mol. The van der Waals surface area contributed by atoms with Crippen molar-refractivity contribution in [3.05, 3.63) is 51.3 Å². The fraction of sp³-hybridized carbons (Fsp3) is 0. The topological polar surface area (TPSA) is 84.8 Å². The van der Waals surface area contributed by atoms with Crippen molar-refractivity contribution in [2.75, 3.05) is 0 Å². The van der Waals surface area contributed by atoms with Gasteiger partial charge in [0, 0.05) is 12.3 Å². The maximum absolute atomic E-state index is 10.6. The van der Waals surface area contributed by atoms with Crippen molar-refractivity contribution in [1.29, 1.82) is 5.26 Å². The maximum atomic E-state index is 10.6. The fourth-order valence-electron chi connectivity index (χ4n) is 1.36. The number of halogens is 1. The van der Waals surface area contributed by atoms with Crippen molar-refractivity contribution in [2.45, 2.75) is 0 Å². The Morgan fingerprint density at radius 2 is 2.29 bits per heavy atom. The van der Waals surface area contributed by atoms with Crippen molar-refractivity contribution in [2.24, 2.45) is 0 Å². The lowest BCUT2D eigenvalue weighted by molar-refractivity contribution is -0.385. The van der Waals surface area contributed by atoms with Crippen LogP contribution in [0.1, 0.15) is 5.56 Å². The van der Waals surface area contributed by atoms with E-state index in [4.69, 9.17) is 16.9 Å². The quantitative estimate of drug-likeness (QED) is 0.603. The van der Waals surface area contributed by atoms with Gasteiger partial charge in [-0.3, -0.25) is 10.1 Å². The van der Waals surface area contributed by atoms with Crippen LogP contribution in [-0.2, 0) is 0 Å². The van der Waals surface area contributed by atoms with Crippen molar-refractivity contribution in [3.63, 3.8) is 0 Å². The number of nitro benzene ring substituents is 1. The Morgan fingerprint density at radius 3 is 2.82 bits per heavy atom. The third kappa shape index (κ3) is 2.09. The van der Waals surface area contributed by atoms with E-state index in [9.17, 15) is 10.1 Å². The molecule has 0 aliphatic carbocycles. The summed E-state index contributed by atoms with van der Waals surface area (Å²) in [4.78, 5) is 10.0. The lowest BCUT2D eigenvalue weighted by Crippen LogP contribution is -1.98. The van der Waals surface area contributed by atoms with Crippen molar-refractivity contribution in [3.8, 4) is 11.8 Å². The first-order valence-corrected chi connectivity index (χ1v) is 4.88. The summed E-state index contributed by atoms with van der Waals surface area (Å²) in [5.74, 6) is 0. The first-order valence-electron chi connectivity index (χ1n) is 4.51. The summed E-state index contributed by atoms with van der Waals surface area (Å²) >= 11 is 5.71. The zero-order chi connectivity index (χ0) is 12.4. The predicted molar refractivity (Wildman–Crippen MR) is 59.9 cm³/mol. The van der Waals surface area contributed by atoms with Crippen LogP contribution in [0.5, 0.6) is 0 Å². The molecule has 2 rings (SSSR count). The van der Waals surface area contributed by atoms with Crippen LogP contribution in [0.3, 0.4) is 0 Å². The molecule has 1 heterocycles. The molecular formula is C10H5ClN4O2. The summed E-state index contributed by atoms with van der Waals surface area (Å²) in [6.07, 6.45) is 2.99. The third-order valence-corrected chi connectivity index (χ3v) is 2.31. The van der Waals surface area contributed by atoms with Gasteiger partial charge in [-0.05, 0) is 12.1 Å². The van der Waals surface area contributed by atoms with Gasteiger partial charge in [0.2, 0.25) is 0 Å². The second-order valence-corrected chi connectivity index (χ2v) is 3.61. The zero-order valence-electron chi connectivity index (χ0n) is 8.37. The Labute approximate surface area is 101 Å². The van der Waals surface area contributed by atoms with Gasteiger partial charge < -0.3 is 0 Å². The molecule has 6 nitrogen and oxygen atoms in total. The van der Waals surface area contributed by atoms with E-state index >= 15 is 0 Å². The molecule has 84 valence electrons. The summed E-state index contributed by atoms with van der Waals surface area (Å²) in [5, 5.41) is 23.9. The molecule has 0 spiro atoms. The maximum Gasteiger partial charge on any atom is 0.287 e. The molecule has 0 bridgehead atoms. The van der Waals surface area contributed by atoms with Crippen LogP contribution in [0.15, 0.2) is 30.6 Å². The average molecular weight is 249 g/mol. The second-order valence-electron chi connectivity index (χ2n) is 3.17. The molecule has 0 saturated heterocycles. The van der Waals surface area contributed by atoms with Gasteiger partial charge in [0.15, 0.2) is 0 Å². The van der Waals surface area contributed by atoms with Gasteiger partial charge in [-0.25, -0.2) is 4.68 Å². The van der Waals surface area contributed by atoms with Gasteiger partial charge in [-0.2, -0.15) is 10.4 Å². The lowest BCUT2D eigenvalue weighted by atomic mass is 10.2. The molecule has 0 aliphatic heterocycles. The highest BCUT2D eigenvalue weighted by Gasteiger charge is 2.14. The van der Waals surface area contributed by atoms with Crippen molar-refractivity contribution < 1.29 is 4.92 Å². The number of benzene rings is 1. The van der Waals surface area contributed by atoms with Gasteiger partial charge in [-0.15, -0.1) is 0 Å². The van der Waals surface area contributed by atoms with Crippen molar-refractivity contribution >= 4 is 17.3 Å². The second kappa shape index (κ2) is 4.23. The van der Waals surface area contributed by atoms with E-state index in [0.717, 1.165) is 0 Å². The molecule has 1 aromatic heterocycles. The first-order chi connectivity index (χ1) is 8.11. The number of nitriles is 1. The third-order valence-electron chi connectivity index (χ3n) is 2.11. The Hall–Kier alpha value is -2.39. The number of hydrogen-bond donors (Lipinski definition) is 0. The highest BCUT2D eigenvalue weighted by atomic mass is 35.5. The molecule has 0 radical (unpaired) electrons. The van der Waals surface area contributed by atoms with Gasteiger partial charge in [0.25, 0.3) is 5.69 Å². The number of hydrogen-bond acceptors (Lipinski definition) is 4. The summed E-state index contributed by atoms with van der Waals surface area (Å²) in [6.45, 7) is 0. The molecule has 0 aliphatic rings. The van der Waals surface area contributed by atoms with Crippen LogP contribution < -0.4 is 0 Å². The highest BCUT2D eigenvalue weighted by molar-refractivity contribution is 6.30. The molecule has 0 saturated carbocycles. The molecule has 0 unspecified atom stereocenters. The SMILES string of the molecule is N#Cc1cc(-n2cc(Cl)cn2)ccc1[N+](=O)[O-]. The van der Waals surface area contributed by atoms with Crippen LogP contribution in [0, 0.1) is 21.4 Å². The molecule has 0 atom stereocenters. The first kappa shape index (κ1) is 11.1. The molecule has 0 N–H and O–H groups in total. The Kier molecular flexibility index (Phi) is 2.77. The van der Waals surface area contributed by atoms with E-state index in [1.165, 1.54) is 29.1 Å². The molecule has 0 fully saturated rings. The van der Waals surface area contributed by atoms with E-state index in [0.29, 0.717) is 10.7 Å². The van der Waals surface area contributed by atoms with E-state index in [1.807, 2.05) is 0 Å². The Bertz CT molecular complexity index is 629. The van der Waals surface area contributed by atoms with Crippen LogP contribution in [0.25, 0.3) is 5.69 Å². The zero-order valence-corrected chi connectivity index (χ0v) is 9.13. The smallest absolute Gasteiger partial charge is 0.258 e. The van der Waals surface area contributed by atoms with Gasteiger partial charge in [0.1, 0.15) is 11.6 Å². The van der Waals surface area contributed by atoms with Gasteiger partial charge >= 0.3 is 0 Å². The van der Waals surface area contributed by atoms with E-state index in [1.54, 1.807) is 12.3 Å². The summed E-state index contributed by atoms with van der Waals surface area (Å²) in [6, 6.07) is 5.94. The van der Waals surface area contributed by atoms with Crippen LogP contribution in [0.2, 0.25) is 5.02 Å². The standard InChI is InChI=1S/C10H5ClN4O2/c11-8-5-13-14(6-8)9-1-2-10(15(16)17)7(3-9)4-12/h1-3,5-6H. The van der Waals surface area contributed by atoms with E-state index in [2.05, 4.69) is 5.10 Å². The number of nitro groups is 1. The highest BCUT2D eigenvalue weighted by Crippen LogP contribution is 2.21. The molecule has 0 amide bonds. The number of rotatable bonds is 2.